The van der Waals surface area contributed by atoms with Crippen LogP contribution in [0.2, 0.25) is 5.02 Å². The lowest BCUT2D eigenvalue weighted by atomic mass is 10.2. The first-order valence-corrected chi connectivity index (χ1v) is 6.15. The van der Waals surface area contributed by atoms with Gasteiger partial charge < -0.3 is 5.32 Å². The minimum absolute atomic E-state index is 0.745. The summed E-state index contributed by atoms with van der Waals surface area (Å²) in [5.74, 6) is 0.860. The van der Waals surface area contributed by atoms with Gasteiger partial charge >= 0.3 is 0 Å². The summed E-state index contributed by atoms with van der Waals surface area (Å²) in [6, 6.07) is 3.91. The van der Waals surface area contributed by atoms with Gasteiger partial charge in [-0.05, 0) is 41.6 Å². The Hall–Kier alpha value is -0.490. The molecule has 1 N–H and O–H groups in total. The molecule has 80 valence electrons. The molecule has 0 aliphatic rings. The van der Waals surface area contributed by atoms with Crippen LogP contribution in [0.1, 0.15) is 6.92 Å². The molecule has 0 aliphatic heterocycles. The molecule has 0 fully saturated rings. The number of aryl methyl sites for hydroxylation is 1. The zero-order valence-electron chi connectivity index (χ0n) is 8.51. The van der Waals surface area contributed by atoms with Crippen LogP contribution in [0.15, 0.2) is 12.1 Å². The van der Waals surface area contributed by atoms with Crippen molar-refractivity contribution in [3.63, 3.8) is 0 Å². The van der Waals surface area contributed by atoms with Gasteiger partial charge in [-0.1, -0.05) is 11.6 Å². The van der Waals surface area contributed by atoms with E-state index in [4.69, 9.17) is 11.6 Å². The third-order valence-electron chi connectivity index (χ3n) is 2.23. The molecule has 0 amide bonds. The van der Waals surface area contributed by atoms with E-state index in [-0.39, 0.29) is 0 Å². The van der Waals surface area contributed by atoms with E-state index >= 15 is 0 Å². The smallest absolute Gasteiger partial charge is 0.157 e. The second kappa shape index (κ2) is 4.17. The number of nitrogens with one attached hydrogen (secondary N) is 1. The zero-order chi connectivity index (χ0) is 11.0. The van der Waals surface area contributed by atoms with E-state index in [9.17, 15) is 0 Å². The predicted octanol–water partition coefficient (Wildman–Crippen LogP) is 3.26. The van der Waals surface area contributed by atoms with Crippen LogP contribution in [0.25, 0.3) is 10.9 Å². The van der Waals surface area contributed by atoms with Crippen molar-refractivity contribution in [2.24, 2.45) is 7.05 Å². The van der Waals surface area contributed by atoms with Gasteiger partial charge in [-0.2, -0.15) is 5.10 Å². The van der Waals surface area contributed by atoms with Gasteiger partial charge in [0.25, 0.3) is 0 Å². The fourth-order valence-corrected chi connectivity index (χ4v) is 2.66. The van der Waals surface area contributed by atoms with Crippen molar-refractivity contribution in [2.45, 2.75) is 6.92 Å². The SMILES string of the molecule is CCNc1nn(C)c2c(I)ccc(Cl)c12. The van der Waals surface area contributed by atoms with Gasteiger partial charge in [0.1, 0.15) is 0 Å². The number of benzene rings is 1. The van der Waals surface area contributed by atoms with E-state index < -0.39 is 0 Å². The van der Waals surface area contributed by atoms with Crippen LogP contribution in [-0.4, -0.2) is 16.3 Å². The van der Waals surface area contributed by atoms with E-state index in [1.165, 1.54) is 0 Å². The molecule has 0 bridgehead atoms. The summed E-state index contributed by atoms with van der Waals surface area (Å²) in [4.78, 5) is 0. The zero-order valence-corrected chi connectivity index (χ0v) is 11.4. The molecule has 0 unspecified atom stereocenters. The van der Waals surface area contributed by atoms with Gasteiger partial charge in [-0.15, -0.1) is 0 Å². The first-order valence-electron chi connectivity index (χ1n) is 4.69. The van der Waals surface area contributed by atoms with E-state index in [0.717, 1.165) is 31.9 Å². The molecule has 1 aromatic heterocycles. The number of halogens is 2. The summed E-state index contributed by atoms with van der Waals surface area (Å²) < 4.78 is 3.02. The number of aromatic nitrogens is 2. The number of nitrogens with zero attached hydrogens (tertiary/aromatic N) is 2. The molecule has 0 saturated heterocycles. The van der Waals surface area contributed by atoms with Gasteiger partial charge in [-0.3, -0.25) is 4.68 Å². The Labute approximate surface area is 107 Å². The number of anilines is 1. The molecule has 15 heavy (non-hydrogen) atoms. The Morgan fingerprint density at radius 1 is 1.53 bits per heavy atom. The molecule has 2 rings (SSSR count). The molecule has 0 atom stereocenters. The topological polar surface area (TPSA) is 29.9 Å². The Morgan fingerprint density at radius 2 is 2.27 bits per heavy atom. The first kappa shape index (κ1) is 11.0. The fourth-order valence-electron chi connectivity index (χ4n) is 1.62. The molecule has 5 heteroatoms. The maximum absolute atomic E-state index is 6.19. The summed E-state index contributed by atoms with van der Waals surface area (Å²) in [7, 11) is 1.93. The molecule has 1 aromatic carbocycles. The van der Waals surface area contributed by atoms with Crippen LogP contribution in [0.3, 0.4) is 0 Å². The monoisotopic (exact) mass is 335 g/mol. The summed E-state index contributed by atoms with van der Waals surface area (Å²) in [6.07, 6.45) is 0. The van der Waals surface area contributed by atoms with Crippen molar-refractivity contribution in [1.82, 2.24) is 9.78 Å². The Balaban J connectivity index is 2.80. The maximum Gasteiger partial charge on any atom is 0.157 e. The lowest BCUT2D eigenvalue weighted by Gasteiger charge is -2.01. The fraction of sp³-hybridized carbons (Fsp3) is 0.300. The van der Waals surface area contributed by atoms with Gasteiger partial charge in [0.2, 0.25) is 0 Å². The largest absolute Gasteiger partial charge is 0.368 e. The second-order valence-electron chi connectivity index (χ2n) is 3.26. The normalized spacial score (nSPS) is 10.9. The highest BCUT2D eigenvalue weighted by Gasteiger charge is 2.13. The third kappa shape index (κ3) is 1.80. The standard InChI is InChI=1S/C10H11ClIN3/c1-3-13-10-8-6(11)4-5-7(12)9(8)15(2)14-10/h4-5H,3H2,1-2H3,(H,13,14). The van der Waals surface area contributed by atoms with Crippen LogP contribution in [-0.2, 0) is 7.05 Å². The molecule has 0 saturated carbocycles. The molecule has 0 spiro atoms. The first-order chi connectivity index (χ1) is 7.15. The third-order valence-corrected chi connectivity index (χ3v) is 3.42. The summed E-state index contributed by atoms with van der Waals surface area (Å²) in [5, 5.41) is 9.39. The van der Waals surface area contributed by atoms with E-state index in [1.807, 2.05) is 30.8 Å². The molecular formula is C10H11ClIN3. The highest BCUT2D eigenvalue weighted by Crippen LogP contribution is 2.32. The average molecular weight is 336 g/mol. The lowest BCUT2D eigenvalue weighted by molar-refractivity contribution is 0.796. The molecule has 0 aliphatic carbocycles. The summed E-state index contributed by atoms with van der Waals surface area (Å²) >= 11 is 8.48. The minimum Gasteiger partial charge on any atom is -0.368 e. The van der Waals surface area contributed by atoms with Crippen molar-refractivity contribution in [2.75, 3.05) is 11.9 Å². The van der Waals surface area contributed by atoms with E-state index in [0.29, 0.717) is 0 Å². The van der Waals surface area contributed by atoms with Crippen molar-refractivity contribution in [3.05, 3.63) is 20.7 Å². The number of hydrogen-bond acceptors (Lipinski definition) is 2. The average Bonchev–Trinajstić information content (AvgIpc) is 2.51. The van der Waals surface area contributed by atoms with Crippen molar-refractivity contribution in [3.8, 4) is 0 Å². The van der Waals surface area contributed by atoms with Crippen LogP contribution in [0.4, 0.5) is 5.82 Å². The van der Waals surface area contributed by atoms with Crippen molar-refractivity contribution in [1.29, 1.82) is 0 Å². The second-order valence-corrected chi connectivity index (χ2v) is 4.82. The van der Waals surface area contributed by atoms with E-state index in [1.54, 1.807) is 0 Å². The number of rotatable bonds is 2. The van der Waals surface area contributed by atoms with Gasteiger partial charge in [0.15, 0.2) is 5.82 Å². The van der Waals surface area contributed by atoms with Crippen LogP contribution >= 0.6 is 34.2 Å². The van der Waals surface area contributed by atoms with Crippen LogP contribution < -0.4 is 5.32 Å². The van der Waals surface area contributed by atoms with Crippen molar-refractivity contribution < 1.29 is 0 Å². The minimum atomic E-state index is 0.745. The molecule has 1 heterocycles. The quantitative estimate of drug-likeness (QED) is 0.854. The molecule has 2 aromatic rings. The highest BCUT2D eigenvalue weighted by atomic mass is 127. The van der Waals surface area contributed by atoms with Crippen LogP contribution in [0.5, 0.6) is 0 Å². The Morgan fingerprint density at radius 3 is 2.93 bits per heavy atom. The number of fused-ring (bicyclic) bond motifs is 1. The van der Waals surface area contributed by atoms with Gasteiger partial charge in [0, 0.05) is 17.2 Å². The van der Waals surface area contributed by atoms with Crippen molar-refractivity contribution >= 4 is 50.9 Å². The number of hydrogen-bond donors (Lipinski definition) is 1. The van der Waals surface area contributed by atoms with E-state index in [2.05, 4.69) is 33.0 Å². The molecule has 0 radical (unpaired) electrons. The molecule has 3 nitrogen and oxygen atoms in total. The van der Waals surface area contributed by atoms with Gasteiger partial charge in [-0.25, -0.2) is 0 Å². The van der Waals surface area contributed by atoms with Gasteiger partial charge in [0.05, 0.1) is 15.9 Å². The summed E-state index contributed by atoms with van der Waals surface area (Å²) in [6.45, 7) is 2.89. The predicted molar refractivity (Wildman–Crippen MR) is 72.6 cm³/mol. The maximum atomic E-state index is 6.19. The molecular weight excluding hydrogens is 324 g/mol. The Bertz CT molecular complexity index is 507. The summed E-state index contributed by atoms with van der Waals surface area (Å²) in [5.41, 5.74) is 1.08. The highest BCUT2D eigenvalue weighted by molar-refractivity contribution is 14.1. The lowest BCUT2D eigenvalue weighted by Crippen LogP contribution is -1.98. The Kier molecular flexibility index (Phi) is 3.06. The van der Waals surface area contributed by atoms with Crippen LogP contribution in [0, 0.1) is 3.57 Å².